The van der Waals surface area contributed by atoms with E-state index >= 15 is 0 Å². The lowest BCUT2D eigenvalue weighted by Crippen LogP contribution is -2.46. The van der Waals surface area contributed by atoms with Gasteiger partial charge in [-0.3, -0.25) is 0 Å². The summed E-state index contributed by atoms with van der Waals surface area (Å²) in [7, 11) is 0. The van der Waals surface area contributed by atoms with E-state index < -0.39 is 5.79 Å². The van der Waals surface area contributed by atoms with Crippen LogP contribution < -0.4 is 0 Å². The van der Waals surface area contributed by atoms with Crippen LogP contribution in [0.1, 0.15) is 33.6 Å². The Morgan fingerprint density at radius 1 is 1.44 bits per heavy atom. The third-order valence-corrected chi connectivity index (χ3v) is 4.70. The highest BCUT2D eigenvalue weighted by atomic mass is 16.7. The first-order valence-corrected chi connectivity index (χ1v) is 6.38. The second kappa shape index (κ2) is 3.35. The van der Waals surface area contributed by atoms with Crippen LogP contribution in [0, 0.1) is 11.3 Å². The van der Waals surface area contributed by atoms with Crippen molar-refractivity contribution in [3.05, 3.63) is 34.9 Å². The zero-order valence-electron chi connectivity index (χ0n) is 11.0. The molecule has 0 spiro atoms. The maximum absolute atomic E-state index is 11.7. The quantitative estimate of drug-likeness (QED) is 0.668. The maximum atomic E-state index is 11.7. The zero-order chi connectivity index (χ0) is 13.1. The first-order chi connectivity index (χ1) is 8.36. The van der Waals surface area contributed by atoms with Crippen molar-refractivity contribution in [3.63, 3.8) is 0 Å². The third-order valence-electron chi connectivity index (χ3n) is 4.70. The van der Waals surface area contributed by atoms with Crippen molar-refractivity contribution < 1.29 is 14.6 Å². The van der Waals surface area contributed by atoms with Gasteiger partial charge in [0.05, 0.1) is 0 Å². The summed E-state index contributed by atoms with van der Waals surface area (Å²) in [5.41, 5.74) is 2.53. The standard InChI is InChI=1S/C15H18O3/c1-9-5-4-6-14(3)8-15(17)12(7-11(9)14)10(2)13(16)18-15/h4-6,11,17H,7-8H2,1-3H3/t11-,14-,15-/m0/s1. The summed E-state index contributed by atoms with van der Waals surface area (Å²) in [5, 5.41) is 10.6. The molecule has 1 heterocycles. The molecular formula is C15H18O3. The van der Waals surface area contributed by atoms with E-state index in [4.69, 9.17) is 4.74 Å². The molecule has 1 aliphatic heterocycles. The monoisotopic (exact) mass is 246 g/mol. The molecule has 18 heavy (non-hydrogen) atoms. The van der Waals surface area contributed by atoms with Crippen molar-refractivity contribution in [3.8, 4) is 0 Å². The number of hydrogen-bond acceptors (Lipinski definition) is 3. The van der Waals surface area contributed by atoms with E-state index in [2.05, 4.69) is 26.0 Å². The van der Waals surface area contributed by atoms with Crippen LogP contribution in [0.15, 0.2) is 34.9 Å². The molecule has 0 aromatic rings. The summed E-state index contributed by atoms with van der Waals surface area (Å²) >= 11 is 0. The van der Waals surface area contributed by atoms with E-state index in [0.29, 0.717) is 24.3 Å². The second-order valence-electron chi connectivity index (χ2n) is 5.99. The highest BCUT2D eigenvalue weighted by molar-refractivity contribution is 5.92. The molecule has 96 valence electrons. The number of rotatable bonds is 0. The fourth-order valence-electron chi connectivity index (χ4n) is 3.63. The minimum Gasteiger partial charge on any atom is -0.426 e. The van der Waals surface area contributed by atoms with Crippen molar-refractivity contribution in [1.29, 1.82) is 0 Å². The minimum absolute atomic E-state index is 0.137. The molecule has 0 aromatic heterocycles. The van der Waals surface area contributed by atoms with Gasteiger partial charge in [0.25, 0.3) is 0 Å². The maximum Gasteiger partial charge on any atom is 0.336 e. The first kappa shape index (κ1) is 11.7. The average Bonchev–Trinajstić information content (AvgIpc) is 2.46. The summed E-state index contributed by atoms with van der Waals surface area (Å²) in [6.45, 7) is 5.99. The molecule has 0 saturated heterocycles. The van der Waals surface area contributed by atoms with Gasteiger partial charge in [-0.1, -0.05) is 30.7 Å². The molecular weight excluding hydrogens is 228 g/mol. The van der Waals surface area contributed by atoms with Crippen LogP contribution in [0.5, 0.6) is 0 Å². The molecule has 0 aromatic carbocycles. The predicted molar refractivity (Wildman–Crippen MR) is 67.5 cm³/mol. The molecule has 1 fully saturated rings. The lowest BCUT2D eigenvalue weighted by Gasteiger charge is -2.47. The summed E-state index contributed by atoms with van der Waals surface area (Å²) < 4.78 is 5.20. The van der Waals surface area contributed by atoms with Gasteiger partial charge in [-0.25, -0.2) is 4.79 Å². The number of ether oxygens (including phenoxy) is 1. The molecule has 0 bridgehead atoms. The van der Waals surface area contributed by atoms with Crippen LogP contribution in [0.2, 0.25) is 0 Å². The van der Waals surface area contributed by atoms with Crippen LogP contribution in [0.3, 0.4) is 0 Å². The Kier molecular flexibility index (Phi) is 2.18. The van der Waals surface area contributed by atoms with Gasteiger partial charge in [-0.15, -0.1) is 0 Å². The molecule has 0 unspecified atom stereocenters. The highest BCUT2D eigenvalue weighted by Crippen LogP contribution is 2.55. The van der Waals surface area contributed by atoms with Crippen molar-refractivity contribution in [2.75, 3.05) is 0 Å². The Morgan fingerprint density at radius 3 is 2.89 bits per heavy atom. The third kappa shape index (κ3) is 1.37. The summed E-state index contributed by atoms with van der Waals surface area (Å²) in [6, 6.07) is 0. The Labute approximate surface area is 107 Å². The number of allylic oxidation sites excluding steroid dienone is 4. The normalized spacial score (nSPS) is 42.3. The molecule has 0 amide bonds. The van der Waals surface area contributed by atoms with Crippen LogP contribution in [-0.2, 0) is 9.53 Å². The van der Waals surface area contributed by atoms with Crippen LogP contribution in [0.25, 0.3) is 0 Å². The molecule has 3 rings (SSSR count). The molecule has 3 heteroatoms. The number of aliphatic hydroxyl groups is 1. The average molecular weight is 246 g/mol. The van der Waals surface area contributed by atoms with Crippen LogP contribution in [-0.4, -0.2) is 16.9 Å². The van der Waals surface area contributed by atoms with Crippen LogP contribution >= 0.6 is 0 Å². The van der Waals surface area contributed by atoms with Crippen molar-refractivity contribution in [1.82, 2.24) is 0 Å². The second-order valence-corrected chi connectivity index (χ2v) is 5.99. The number of hydrogen-bond donors (Lipinski definition) is 1. The van der Waals surface area contributed by atoms with Gasteiger partial charge >= 0.3 is 5.97 Å². The SMILES string of the molecule is CC1=CC=C[C@@]2(C)C[C@]3(O)OC(=O)C(C)=C3C[C@@H]12. The van der Waals surface area contributed by atoms with Gasteiger partial charge < -0.3 is 9.84 Å². The van der Waals surface area contributed by atoms with E-state index in [1.165, 1.54) is 5.57 Å². The van der Waals surface area contributed by atoms with Gasteiger partial charge in [0.2, 0.25) is 5.79 Å². The van der Waals surface area contributed by atoms with Gasteiger partial charge in [-0.05, 0) is 31.6 Å². The topological polar surface area (TPSA) is 46.5 Å². The lowest BCUT2D eigenvalue weighted by molar-refractivity contribution is -0.197. The van der Waals surface area contributed by atoms with E-state index in [1.807, 2.05) is 6.08 Å². The molecule has 3 aliphatic rings. The zero-order valence-corrected chi connectivity index (χ0v) is 11.0. The molecule has 0 radical (unpaired) electrons. The first-order valence-electron chi connectivity index (χ1n) is 6.38. The van der Waals surface area contributed by atoms with Gasteiger partial charge in [0.15, 0.2) is 0 Å². The molecule has 3 nitrogen and oxygen atoms in total. The van der Waals surface area contributed by atoms with Crippen molar-refractivity contribution >= 4 is 5.97 Å². The summed E-state index contributed by atoms with van der Waals surface area (Å²) in [4.78, 5) is 11.7. The summed E-state index contributed by atoms with van der Waals surface area (Å²) in [5.74, 6) is -1.41. The summed E-state index contributed by atoms with van der Waals surface area (Å²) in [6.07, 6.45) is 7.43. The highest BCUT2D eigenvalue weighted by Gasteiger charge is 2.55. The van der Waals surface area contributed by atoms with Crippen LogP contribution in [0.4, 0.5) is 0 Å². The Morgan fingerprint density at radius 2 is 2.17 bits per heavy atom. The fourth-order valence-corrected chi connectivity index (χ4v) is 3.63. The number of carbonyl (C=O) groups is 1. The number of esters is 1. The van der Waals surface area contributed by atoms with E-state index in [0.717, 1.165) is 5.57 Å². The van der Waals surface area contributed by atoms with E-state index in [-0.39, 0.29) is 11.4 Å². The van der Waals surface area contributed by atoms with E-state index in [1.54, 1.807) is 6.92 Å². The number of carbonyl (C=O) groups excluding carboxylic acids is 1. The number of fused-ring (bicyclic) bond motifs is 2. The Bertz CT molecular complexity index is 526. The minimum atomic E-state index is -1.38. The largest absolute Gasteiger partial charge is 0.426 e. The smallest absolute Gasteiger partial charge is 0.336 e. The molecule has 1 N–H and O–H groups in total. The van der Waals surface area contributed by atoms with Gasteiger partial charge in [0.1, 0.15) is 0 Å². The molecule has 1 saturated carbocycles. The fraction of sp³-hybridized carbons (Fsp3) is 0.533. The van der Waals surface area contributed by atoms with Gasteiger partial charge in [-0.2, -0.15) is 0 Å². The predicted octanol–water partition coefficient (Wildman–Crippen LogP) is 2.48. The van der Waals surface area contributed by atoms with Gasteiger partial charge in [0, 0.05) is 17.6 Å². The van der Waals surface area contributed by atoms with Crippen molar-refractivity contribution in [2.45, 2.75) is 39.4 Å². The Hall–Kier alpha value is -1.35. The van der Waals surface area contributed by atoms with Crippen molar-refractivity contribution in [2.24, 2.45) is 11.3 Å². The lowest BCUT2D eigenvalue weighted by atomic mass is 9.60. The Balaban J connectivity index is 2.08. The molecule has 3 atom stereocenters. The van der Waals surface area contributed by atoms with E-state index in [9.17, 15) is 9.90 Å². The molecule has 2 aliphatic carbocycles.